The monoisotopic (exact) mass is 245 g/mol. The van der Waals surface area contributed by atoms with Crippen LogP contribution in [0.5, 0.6) is 0 Å². The van der Waals surface area contributed by atoms with Crippen molar-refractivity contribution in [2.24, 2.45) is 7.05 Å². The number of H-pyrrole nitrogens is 1. The number of hydrogen-bond donors (Lipinski definition) is 1. The van der Waals surface area contributed by atoms with Gasteiger partial charge in [0.2, 0.25) is 0 Å². The fraction of sp³-hybridized carbons (Fsp3) is 0.273. The predicted molar refractivity (Wildman–Crippen MR) is 63.5 cm³/mol. The third-order valence-corrected chi connectivity index (χ3v) is 2.54. The maximum absolute atomic E-state index is 11.7. The topological polar surface area (TPSA) is 96.5 Å². The molecule has 7 heteroatoms. The highest BCUT2D eigenvalue weighted by atomic mass is 16.2. The molecule has 0 aliphatic rings. The second-order valence-electron chi connectivity index (χ2n) is 3.77. The van der Waals surface area contributed by atoms with Gasteiger partial charge in [0, 0.05) is 19.4 Å². The SMILES string of the molecule is CCc1nn(C)cc1-n1cc(C#N)c(=O)[nH]c1=O. The number of aromatic amines is 1. The van der Waals surface area contributed by atoms with E-state index in [9.17, 15) is 9.59 Å². The van der Waals surface area contributed by atoms with E-state index in [0.717, 1.165) is 5.69 Å². The lowest BCUT2D eigenvalue weighted by molar-refractivity contribution is 0.746. The molecule has 2 aromatic rings. The molecule has 1 N–H and O–H groups in total. The summed E-state index contributed by atoms with van der Waals surface area (Å²) in [4.78, 5) is 25.2. The number of rotatable bonds is 2. The van der Waals surface area contributed by atoms with Crippen LogP contribution in [-0.4, -0.2) is 19.3 Å². The van der Waals surface area contributed by atoms with Crippen molar-refractivity contribution in [1.82, 2.24) is 19.3 Å². The van der Waals surface area contributed by atoms with E-state index in [1.165, 1.54) is 10.8 Å². The highest BCUT2D eigenvalue weighted by molar-refractivity contribution is 5.36. The van der Waals surface area contributed by atoms with E-state index in [1.54, 1.807) is 24.0 Å². The second-order valence-corrected chi connectivity index (χ2v) is 3.77. The summed E-state index contributed by atoms with van der Waals surface area (Å²) in [5.41, 5.74) is -0.0869. The molecule has 0 aliphatic carbocycles. The molecule has 2 heterocycles. The van der Waals surface area contributed by atoms with E-state index in [-0.39, 0.29) is 5.56 Å². The van der Waals surface area contributed by atoms with Crippen LogP contribution in [0, 0.1) is 11.3 Å². The number of nitriles is 1. The molecule has 92 valence electrons. The molecule has 7 nitrogen and oxygen atoms in total. The van der Waals surface area contributed by atoms with Crippen molar-refractivity contribution >= 4 is 0 Å². The number of aryl methyl sites for hydroxylation is 2. The van der Waals surface area contributed by atoms with Crippen LogP contribution in [0.2, 0.25) is 0 Å². The van der Waals surface area contributed by atoms with Gasteiger partial charge in [-0.1, -0.05) is 6.92 Å². The molecular weight excluding hydrogens is 234 g/mol. The van der Waals surface area contributed by atoms with Gasteiger partial charge in [-0.05, 0) is 6.42 Å². The van der Waals surface area contributed by atoms with Crippen LogP contribution < -0.4 is 11.2 Å². The molecule has 0 saturated carbocycles. The first kappa shape index (κ1) is 11.9. The van der Waals surface area contributed by atoms with Crippen molar-refractivity contribution in [3.63, 3.8) is 0 Å². The summed E-state index contributed by atoms with van der Waals surface area (Å²) in [6, 6.07) is 1.75. The van der Waals surface area contributed by atoms with E-state index in [0.29, 0.717) is 12.1 Å². The fourth-order valence-electron chi connectivity index (χ4n) is 1.70. The Balaban J connectivity index is 2.75. The molecule has 0 fully saturated rings. The van der Waals surface area contributed by atoms with E-state index >= 15 is 0 Å². The van der Waals surface area contributed by atoms with Gasteiger partial charge in [-0.15, -0.1) is 0 Å². The molecule has 0 saturated heterocycles. The van der Waals surface area contributed by atoms with Crippen LogP contribution in [0.15, 0.2) is 22.0 Å². The van der Waals surface area contributed by atoms with E-state index in [4.69, 9.17) is 5.26 Å². The Morgan fingerprint density at radius 2 is 2.17 bits per heavy atom. The minimum Gasteiger partial charge on any atom is -0.273 e. The average Bonchev–Trinajstić information content (AvgIpc) is 2.70. The van der Waals surface area contributed by atoms with Crippen molar-refractivity contribution < 1.29 is 0 Å². The van der Waals surface area contributed by atoms with Gasteiger partial charge in [-0.25, -0.2) is 4.79 Å². The summed E-state index contributed by atoms with van der Waals surface area (Å²) < 4.78 is 2.81. The first-order valence-corrected chi connectivity index (χ1v) is 5.35. The van der Waals surface area contributed by atoms with Crippen molar-refractivity contribution in [3.05, 3.63) is 44.5 Å². The van der Waals surface area contributed by atoms with Gasteiger partial charge in [0.15, 0.2) is 0 Å². The van der Waals surface area contributed by atoms with E-state index in [2.05, 4.69) is 10.1 Å². The molecule has 0 bridgehead atoms. The molecule has 0 spiro atoms. The Kier molecular flexibility index (Phi) is 2.85. The van der Waals surface area contributed by atoms with Gasteiger partial charge in [-0.2, -0.15) is 10.4 Å². The molecule has 18 heavy (non-hydrogen) atoms. The Morgan fingerprint density at radius 1 is 1.44 bits per heavy atom. The molecule has 0 amide bonds. The standard InChI is InChI=1S/C11H11N5O2/c1-3-8-9(6-15(2)14-8)16-5-7(4-12)10(17)13-11(16)18/h5-6H,3H2,1-2H3,(H,13,17,18). The first-order valence-electron chi connectivity index (χ1n) is 5.35. The average molecular weight is 245 g/mol. The Morgan fingerprint density at radius 3 is 2.78 bits per heavy atom. The normalized spacial score (nSPS) is 10.3. The minimum atomic E-state index is -0.680. The second kappa shape index (κ2) is 4.33. The smallest absolute Gasteiger partial charge is 0.273 e. The molecule has 0 radical (unpaired) electrons. The van der Waals surface area contributed by atoms with Gasteiger partial charge in [0.1, 0.15) is 11.6 Å². The fourth-order valence-corrected chi connectivity index (χ4v) is 1.70. The number of aromatic nitrogens is 4. The molecular formula is C11H11N5O2. The summed E-state index contributed by atoms with van der Waals surface area (Å²) in [7, 11) is 1.74. The van der Waals surface area contributed by atoms with Gasteiger partial charge >= 0.3 is 5.69 Å². The van der Waals surface area contributed by atoms with Gasteiger partial charge in [-0.3, -0.25) is 19.0 Å². The third kappa shape index (κ3) is 1.84. The maximum atomic E-state index is 11.7. The molecule has 0 unspecified atom stereocenters. The number of hydrogen-bond acceptors (Lipinski definition) is 4. The highest BCUT2D eigenvalue weighted by Crippen LogP contribution is 2.10. The summed E-state index contributed by atoms with van der Waals surface area (Å²) in [6.45, 7) is 1.91. The number of nitrogens with one attached hydrogen (secondary N) is 1. The van der Waals surface area contributed by atoms with Crippen molar-refractivity contribution in [1.29, 1.82) is 5.26 Å². The largest absolute Gasteiger partial charge is 0.333 e. The minimum absolute atomic E-state index is 0.111. The lowest BCUT2D eigenvalue weighted by Crippen LogP contribution is -2.30. The number of nitrogens with zero attached hydrogens (tertiary/aromatic N) is 4. The lowest BCUT2D eigenvalue weighted by Gasteiger charge is -2.03. The Hall–Kier alpha value is -2.62. The zero-order chi connectivity index (χ0) is 13.3. The Labute approximate surface area is 102 Å². The zero-order valence-electron chi connectivity index (χ0n) is 9.97. The van der Waals surface area contributed by atoms with Crippen molar-refractivity contribution in [3.8, 4) is 11.8 Å². The molecule has 2 rings (SSSR count). The van der Waals surface area contributed by atoms with Crippen LogP contribution in [-0.2, 0) is 13.5 Å². The van der Waals surface area contributed by atoms with E-state index < -0.39 is 11.2 Å². The van der Waals surface area contributed by atoms with Crippen LogP contribution in [0.1, 0.15) is 18.2 Å². The maximum Gasteiger partial charge on any atom is 0.333 e. The van der Waals surface area contributed by atoms with Gasteiger partial charge < -0.3 is 0 Å². The summed E-state index contributed by atoms with van der Waals surface area (Å²) in [5, 5.41) is 13.0. The molecule has 2 aromatic heterocycles. The van der Waals surface area contributed by atoms with Crippen molar-refractivity contribution in [2.75, 3.05) is 0 Å². The van der Waals surface area contributed by atoms with Crippen LogP contribution in [0.3, 0.4) is 0 Å². The summed E-state index contributed by atoms with van der Waals surface area (Å²) in [5.74, 6) is 0. The first-order chi connectivity index (χ1) is 8.56. The van der Waals surface area contributed by atoms with E-state index in [1.807, 2.05) is 6.92 Å². The molecule has 0 atom stereocenters. The van der Waals surface area contributed by atoms with Crippen LogP contribution in [0.4, 0.5) is 0 Å². The van der Waals surface area contributed by atoms with Gasteiger partial charge in [0.05, 0.1) is 11.4 Å². The third-order valence-electron chi connectivity index (χ3n) is 2.54. The lowest BCUT2D eigenvalue weighted by atomic mass is 10.3. The van der Waals surface area contributed by atoms with Crippen LogP contribution in [0.25, 0.3) is 5.69 Å². The highest BCUT2D eigenvalue weighted by Gasteiger charge is 2.11. The van der Waals surface area contributed by atoms with Crippen molar-refractivity contribution in [2.45, 2.75) is 13.3 Å². The van der Waals surface area contributed by atoms with Gasteiger partial charge in [0.25, 0.3) is 5.56 Å². The van der Waals surface area contributed by atoms with Crippen LogP contribution >= 0.6 is 0 Å². The predicted octanol–water partition coefficient (Wildman–Crippen LogP) is -0.307. The Bertz CT molecular complexity index is 744. The molecule has 0 aliphatic heterocycles. The summed E-state index contributed by atoms with van der Waals surface area (Å²) >= 11 is 0. The quantitative estimate of drug-likeness (QED) is 0.785. The summed E-state index contributed by atoms with van der Waals surface area (Å²) in [6.07, 6.45) is 3.54. The molecule has 0 aromatic carbocycles. The zero-order valence-corrected chi connectivity index (χ0v) is 9.97.